The van der Waals surface area contributed by atoms with Gasteiger partial charge in [-0.25, -0.2) is 14.3 Å². The molecule has 0 radical (unpaired) electrons. The van der Waals surface area contributed by atoms with Gasteiger partial charge in [0.25, 0.3) is 0 Å². The molecule has 0 saturated heterocycles. The van der Waals surface area contributed by atoms with Crippen LogP contribution >= 0.6 is 0 Å². The lowest BCUT2D eigenvalue weighted by Gasteiger charge is -2.10. The second-order valence-electron chi connectivity index (χ2n) is 6.63. The van der Waals surface area contributed by atoms with E-state index >= 15 is 0 Å². The van der Waals surface area contributed by atoms with Gasteiger partial charge >= 0.3 is 11.7 Å². The monoisotopic (exact) mass is 373 g/mol. The molecule has 0 spiro atoms. The van der Waals surface area contributed by atoms with Gasteiger partial charge in [-0.3, -0.25) is 4.57 Å². The summed E-state index contributed by atoms with van der Waals surface area (Å²) in [4.78, 5) is 24.1. The molecule has 1 aromatic carbocycles. The van der Waals surface area contributed by atoms with E-state index in [2.05, 4.69) is 15.7 Å². The Labute approximate surface area is 158 Å². The second kappa shape index (κ2) is 9.25. The van der Waals surface area contributed by atoms with Crippen molar-refractivity contribution in [3.63, 3.8) is 0 Å². The molecule has 0 bridgehead atoms. The van der Waals surface area contributed by atoms with Crippen molar-refractivity contribution in [3.8, 4) is 5.75 Å². The zero-order valence-electron chi connectivity index (χ0n) is 15.7. The Morgan fingerprint density at radius 3 is 2.85 bits per heavy atom. The number of ether oxygens (including phenoxy) is 1. The number of nitrogens with zero attached hydrogens (tertiary/aromatic N) is 3. The fraction of sp³-hybridized carbons (Fsp3) is 0.526. The Morgan fingerprint density at radius 1 is 1.22 bits per heavy atom. The number of hydrogen-bond acceptors (Lipinski definition) is 4. The lowest BCUT2D eigenvalue weighted by molar-refractivity contribution is 0.240. The molecular formula is C19H27N5O3. The summed E-state index contributed by atoms with van der Waals surface area (Å²) in [6, 6.07) is 7.56. The summed E-state index contributed by atoms with van der Waals surface area (Å²) in [5.74, 6) is 1.71. The van der Waals surface area contributed by atoms with Crippen LogP contribution in [0.1, 0.15) is 30.7 Å². The standard InChI is InChI=1S/C19H27N5O3/c1-27-16-8-3-2-7-15(16)10-12-21-18(25)20-11-6-14-24-19(26)23-13-5-4-9-17(23)22-24/h2-3,7-8H,4-6,9-14H2,1H3,(H2,20,21,25). The highest BCUT2D eigenvalue weighted by Gasteiger charge is 2.16. The fourth-order valence-corrected chi connectivity index (χ4v) is 3.31. The van der Waals surface area contributed by atoms with E-state index in [1.807, 2.05) is 24.3 Å². The number of fused-ring (bicyclic) bond motifs is 1. The number of benzene rings is 1. The highest BCUT2D eigenvalue weighted by atomic mass is 16.5. The van der Waals surface area contributed by atoms with Crippen molar-refractivity contribution >= 4 is 6.03 Å². The van der Waals surface area contributed by atoms with Gasteiger partial charge in [0.2, 0.25) is 0 Å². The number of aryl methyl sites for hydroxylation is 2. The predicted octanol–water partition coefficient (Wildman–Crippen LogP) is 1.32. The molecule has 1 aliphatic heterocycles. The lowest BCUT2D eigenvalue weighted by atomic mass is 10.1. The highest BCUT2D eigenvalue weighted by molar-refractivity contribution is 5.73. The number of methoxy groups -OCH3 is 1. The second-order valence-corrected chi connectivity index (χ2v) is 6.63. The van der Waals surface area contributed by atoms with E-state index in [0.29, 0.717) is 32.5 Å². The minimum absolute atomic E-state index is 0.0361. The summed E-state index contributed by atoms with van der Waals surface area (Å²) in [7, 11) is 1.64. The van der Waals surface area contributed by atoms with Crippen molar-refractivity contribution in [2.75, 3.05) is 20.2 Å². The van der Waals surface area contributed by atoms with Gasteiger partial charge in [0, 0.05) is 32.6 Å². The Kier molecular flexibility index (Phi) is 6.51. The molecule has 27 heavy (non-hydrogen) atoms. The van der Waals surface area contributed by atoms with Gasteiger partial charge in [0.05, 0.1) is 7.11 Å². The van der Waals surface area contributed by atoms with E-state index in [1.54, 1.807) is 11.7 Å². The lowest BCUT2D eigenvalue weighted by Crippen LogP contribution is -2.37. The van der Waals surface area contributed by atoms with Crippen molar-refractivity contribution in [3.05, 3.63) is 46.1 Å². The van der Waals surface area contributed by atoms with Gasteiger partial charge in [0.15, 0.2) is 0 Å². The van der Waals surface area contributed by atoms with Crippen LogP contribution in [0.2, 0.25) is 0 Å². The topological polar surface area (TPSA) is 90.2 Å². The Hall–Kier alpha value is -2.77. The third-order valence-electron chi connectivity index (χ3n) is 4.74. The Morgan fingerprint density at radius 2 is 2.04 bits per heavy atom. The summed E-state index contributed by atoms with van der Waals surface area (Å²) < 4.78 is 8.58. The van der Waals surface area contributed by atoms with Crippen molar-refractivity contribution < 1.29 is 9.53 Å². The third-order valence-corrected chi connectivity index (χ3v) is 4.74. The number of aromatic nitrogens is 3. The third kappa shape index (κ3) is 4.90. The maximum absolute atomic E-state index is 12.2. The van der Waals surface area contributed by atoms with Crippen molar-refractivity contribution in [1.82, 2.24) is 25.0 Å². The van der Waals surface area contributed by atoms with Crippen LogP contribution in [0.15, 0.2) is 29.1 Å². The number of para-hydroxylation sites is 1. The van der Waals surface area contributed by atoms with Crippen LogP contribution < -0.4 is 21.1 Å². The normalized spacial score (nSPS) is 13.1. The molecule has 0 fully saturated rings. The molecule has 0 saturated carbocycles. The van der Waals surface area contributed by atoms with Crippen LogP contribution in [0, 0.1) is 0 Å². The first-order valence-electron chi connectivity index (χ1n) is 9.49. The van der Waals surface area contributed by atoms with E-state index in [1.165, 1.54) is 4.68 Å². The maximum atomic E-state index is 12.2. The quantitative estimate of drug-likeness (QED) is 0.683. The summed E-state index contributed by atoms with van der Waals surface area (Å²) in [5.41, 5.74) is 1.02. The number of carbonyl (C=O) groups excluding carboxylic acids is 1. The van der Waals surface area contributed by atoms with Crippen molar-refractivity contribution in [2.24, 2.45) is 0 Å². The first-order valence-corrected chi connectivity index (χ1v) is 9.49. The number of urea groups is 1. The Balaban J connectivity index is 1.35. The highest BCUT2D eigenvalue weighted by Crippen LogP contribution is 2.17. The molecule has 0 unspecified atom stereocenters. The zero-order chi connectivity index (χ0) is 19.1. The van der Waals surface area contributed by atoms with E-state index in [0.717, 1.165) is 42.9 Å². The molecule has 8 heteroatoms. The van der Waals surface area contributed by atoms with Crippen molar-refractivity contribution in [1.29, 1.82) is 0 Å². The largest absolute Gasteiger partial charge is 0.496 e. The first-order chi connectivity index (χ1) is 13.2. The average Bonchev–Trinajstić information content (AvgIpc) is 3.02. The van der Waals surface area contributed by atoms with E-state index in [9.17, 15) is 9.59 Å². The Bertz CT molecular complexity index is 827. The molecule has 2 aromatic rings. The van der Waals surface area contributed by atoms with Crippen LogP contribution in [0.3, 0.4) is 0 Å². The molecule has 2 amide bonds. The maximum Gasteiger partial charge on any atom is 0.345 e. The van der Waals surface area contributed by atoms with Crippen LogP contribution in [-0.2, 0) is 25.9 Å². The smallest absolute Gasteiger partial charge is 0.345 e. The average molecular weight is 373 g/mol. The van der Waals surface area contributed by atoms with Gasteiger partial charge in [-0.15, -0.1) is 0 Å². The number of carbonyl (C=O) groups is 1. The molecular weight excluding hydrogens is 346 g/mol. The number of nitrogens with one attached hydrogen (secondary N) is 2. The minimum atomic E-state index is -0.207. The summed E-state index contributed by atoms with van der Waals surface area (Å²) in [5, 5.41) is 10.0. The molecule has 1 aromatic heterocycles. The van der Waals surface area contributed by atoms with Gasteiger partial charge < -0.3 is 15.4 Å². The molecule has 3 rings (SSSR count). The molecule has 8 nitrogen and oxygen atoms in total. The molecule has 2 heterocycles. The van der Waals surface area contributed by atoms with E-state index in [4.69, 9.17) is 4.74 Å². The summed E-state index contributed by atoms with van der Waals surface area (Å²) in [6.45, 7) is 2.30. The molecule has 146 valence electrons. The SMILES string of the molecule is COc1ccccc1CCNC(=O)NCCCn1nc2n(c1=O)CCCC2. The molecule has 0 aliphatic carbocycles. The van der Waals surface area contributed by atoms with Gasteiger partial charge in [-0.2, -0.15) is 5.10 Å². The van der Waals surface area contributed by atoms with Crippen molar-refractivity contribution in [2.45, 2.75) is 45.2 Å². The zero-order valence-corrected chi connectivity index (χ0v) is 15.7. The van der Waals surface area contributed by atoms with Gasteiger partial charge in [-0.1, -0.05) is 18.2 Å². The summed E-state index contributed by atoms with van der Waals surface area (Å²) in [6.07, 6.45) is 4.36. The molecule has 0 atom stereocenters. The van der Waals surface area contributed by atoms with Gasteiger partial charge in [-0.05, 0) is 37.3 Å². The number of rotatable bonds is 8. The number of amides is 2. The minimum Gasteiger partial charge on any atom is -0.496 e. The van der Waals surface area contributed by atoms with Crippen LogP contribution in [0.4, 0.5) is 4.79 Å². The van der Waals surface area contributed by atoms with E-state index < -0.39 is 0 Å². The number of hydrogen-bond donors (Lipinski definition) is 2. The van der Waals surface area contributed by atoms with Crippen LogP contribution in [0.25, 0.3) is 0 Å². The fourth-order valence-electron chi connectivity index (χ4n) is 3.31. The van der Waals surface area contributed by atoms with E-state index in [-0.39, 0.29) is 11.7 Å². The van der Waals surface area contributed by atoms with Crippen LogP contribution in [0.5, 0.6) is 5.75 Å². The molecule has 2 N–H and O–H groups in total. The van der Waals surface area contributed by atoms with Crippen LogP contribution in [-0.4, -0.2) is 40.6 Å². The predicted molar refractivity (Wildman–Crippen MR) is 102 cm³/mol. The summed E-state index contributed by atoms with van der Waals surface area (Å²) >= 11 is 0. The molecule has 1 aliphatic rings. The first kappa shape index (κ1) is 19.0. The van der Waals surface area contributed by atoms with Gasteiger partial charge in [0.1, 0.15) is 11.6 Å².